The molecule has 1 heterocycles. The molecule has 20 heavy (non-hydrogen) atoms. The number of ether oxygens (including phenoxy) is 1. The van der Waals surface area contributed by atoms with Gasteiger partial charge >= 0.3 is 0 Å². The minimum absolute atomic E-state index is 0.000584. The van der Waals surface area contributed by atoms with Crippen molar-refractivity contribution in [1.29, 1.82) is 0 Å². The van der Waals surface area contributed by atoms with Crippen LogP contribution in [0.5, 0.6) is 0 Å². The van der Waals surface area contributed by atoms with Crippen LogP contribution in [0.1, 0.15) is 23.3 Å². The van der Waals surface area contributed by atoms with Crippen LogP contribution in [-0.2, 0) is 4.74 Å². The summed E-state index contributed by atoms with van der Waals surface area (Å²) in [7, 11) is 0. The van der Waals surface area contributed by atoms with Crippen LogP contribution >= 0.6 is 0 Å². The molecule has 2 atom stereocenters. The highest BCUT2D eigenvalue weighted by atomic mass is 19.1. The topological polar surface area (TPSA) is 21.3 Å². The second-order valence-corrected chi connectivity index (χ2v) is 4.82. The number of hydrogen-bond acceptors (Lipinski definition) is 2. The van der Waals surface area contributed by atoms with Gasteiger partial charge in [-0.15, -0.1) is 0 Å². The monoisotopic (exact) mass is 275 g/mol. The molecule has 4 heteroatoms. The second-order valence-electron chi connectivity index (χ2n) is 4.82. The largest absolute Gasteiger partial charge is 0.363 e. The Hall–Kier alpha value is -1.78. The van der Waals surface area contributed by atoms with Crippen LogP contribution in [0.2, 0.25) is 0 Å². The van der Waals surface area contributed by atoms with Crippen molar-refractivity contribution in [3.05, 3.63) is 71.3 Å². The zero-order valence-corrected chi connectivity index (χ0v) is 10.9. The molecule has 0 amide bonds. The summed E-state index contributed by atoms with van der Waals surface area (Å²) < 4.78 is 33.5. The molecule has 2 aromatic carbocycles. The molecule has 0 bridgehead atoms. The Bertz CT molecular complexity index is 568. The van der Waals surface area contributed by atoms with Gasteiger partial charge in [0.1, 0.15) is 17.7 Å². The first-order chi connectivity index (χ1) is 9.75. The Balaban J connectivity index is 1.85. The maximum atomic E-state index is 13.8. The van der Waals surface area contributed by atoms with Crippen LogP contribution in [0.15, 0.2) is 48.5 Å². The van der Waals surface area contributed by atoms with Gasteiger partial charge in [0.05, 0.1) is 11.7 Å². The van der Waals surface area contributed by atoms with Gasteiger partial charge in [0.15, 0.2) is 0 Å². The lowest BCUT2D eigenvalue weighted by molar-refractivity contribution is -0.0437. The van der Waals surface area contributed by atoms with E-state index in [-0.39, 0.29) is 11.7 Å². The first-order valence-corrected chi connectivity index (χ1v) is 6.61. The van der Waals surface area contributed by atoms with Crippen molar-refractivity contribution in [3.8, 4) is 0 Å². The summed E-state index contributed by atoms with van der Waals surface area (Å²) in [5, 5.41) is 3.18. The van der Waals surface area contributed by atoms with Gasteiger partial charge in [-0.1, -0.05) is 36.4 Å². The number of halogens is 2. The molecule has 2 aromatic rings. The van der Waals surface area contributed by atoms with Gasteiger partial charge in [-0.3, -0.25) is 0 Å². The molecule has 0 radical (unpaired) electrons. The average molecular weight is 275 g/mol. The molecule has 0 spiro atoms. The minimum atomic E-state index is -0.616. The zero-order chi connectivity index (χ0) is 13.9. The van der Waals surface area contributed by atoms with Gasteiger partial charge in [-0.05, 0) is 17.7 Å². The summed E-state index contributed by atoms with van der Waals surface area (Å²) in [6.07, 6.45) is -0.816. The molecule has 1 aliphatic heterocycles. The molecule has 2 unspecified atom stereocenters. The summed E-state index contributed by atoms with van der Waals surface area (Å²) in [6, 6.07) is 13.5. The highest BCUT2D eigenvalue weighted by molar-refractivity contribution is 5.24. The van der Waals surface area contributed by atoms with E-state index < -0.39 is 17.7 Å². The first kappa shape index (κ1) is 13.2. The van der Waals surface area contributed by atoms with Crippen molar-refractivity contribution in [2.45, 2.75) is 12.2 Å². The highest BCUT2D eigenvalue weighted by Gasteiger charge is 2.28. The van der Waals surface area contributed by atoms with E-state index in [2.05, 4.69) is 5.32 Å². The summed E-state index contributed by atoms with van der Waals surface area (Å²) in [5.41, 5.74) is 1.00. The number of rotatable bonds is 2. The van der Waals surface area contributed by atoms with Crippen LogP contribution in [0.3, 0.4) is 0 Å². The van der Waals surface area contributed by atoms with Gasteiger partial charge in [0.2, 0.25) is 0 Å². The van der Waals surface area contributed by atoms with Crippen molar-refractivity contribution in [2.75, 3.05) is 13.1 Å². The van der Waals surface area contributed by atoms with Gasteiger partial charge < -0.3 is 10.1 Å². The van der Waals surface area contributed by atoms with Crippen molar-refractivity contribution in [3.63, 3.8) is 0 Å². The molecule has 0 saturated carbocycles. The van der Waals surface area contributed by atoms with Gasteiger partial charge in [-0.2, -0.15) is 0 Å². The predicted octanol–water partition coefficient (Wildman–Crippen LogP) is 3.37. The van der Waals surface area contributed by atoms with Crippen LogP contribution in [0.4, 0.5) is 8.78 Å². The van der Waals surface area contributed by atoms with Gasteiger partial charge in [0.25, 0.3) is 0 Å². The summed E-state index contributed by atoms with van der Waals surface area (Å²) in [5.74, 6) is -1.13. The smallest absolute Gasteiger partial charge is 0.132 e. The van der Waals surface area contributed by atoms with Crippen LogP contribution in [-0.4, -0.2) is 13.1 Å². The standard InChI is InChI=1S/C16H15F2NO/c17-12-7-4-8-13(18)16(12)15-10-19-9-14(20-15)11-5-2-1-3-6-11/h1-8,14-15,19H,9-10H2. The van der Waals surface area contributed by atoms with Crippen molar-refractivity contribution in [1.82, 2.24) is 5.32 Å². The second kappa shape index (κ2) is 5.69. The summed E-state index contributed by atoms with van der Waals surface area (Å²) >= 11 is 0. The summed E-state index contributed by atoms with van der Waals surface area (Å²) in [6.45, 7) is 1.04. The number of nitrogens with one attached hydrogen (secondary N) is 1. The van der Waals surface area contributed by atoms with E-state index in [1.54, 1.807) is 0 Å². The van der Waals surface area contributed by atoms with E-state index in [0.29, 0.717) is 13.1 Å². The quantitative estimate of drug-likeness (QED) is 0.907. The van der Waals surface area contributed by atoms with Crippen molar-refractivity contribution >= 4 is 0 Å². The number of benzene rings is 2. The Labute approximate surface area is 116 Å². The molecule has 1 aliphatic rings. The summed E-state index contributed by atoms with van der Waals surface area (Å²) in [4.78, 5) is 0. The third kappa shape index (κ3) is 2.57. The van der Waals surface area contributed by atoms with Crippen LogP contribution < -0.4 is 5.32 Å². The van der Waals surface area contributed by atoms with Crippen molar-refractivity contribution in [2.24, 2.45) is 0 Å². The Morgan fingerprint density at radius 3 is 2.20 bits per heavy atom. The molecule has 1 fully saturated rings. The lowest BCUT2D eigenvalue weighted by atomic mass is 10.0. The lowest BCUT2D eigenvalue weighted by Crippen LogP contribution is -2.36. The molecule has 2 nitrogen and oxygen atoms in total. The molecular weight excluding hydrogens is 260 g/mol. The molecule has 1 saturated heterocycles. The maximum absolute atomic E-state index is 13.8. The minimum Gasteiger partial charge on any atom is -0.363 e. The van der Waals surface area contributed by atoms with E-state index in [9.17, 15) is 8.78 Å². The third-order valence-electron chi connectivity index (χ3n) is 3.48. The van der Waals surface area contributed by atoms with Crippen LogP contribution in [0, 0.1) is 11.6 Å². The third-order valence-corrected chi connectivity index (χ3v) is 3.48. The Kier molecular flexibility index (Phi) is 3.76. The van der Waals surface area contributed by atoms with Gasteiger partial charge in [-0.25, -0.2) is 8.78 Å². The van der Waals surface area contributed by atoms with E-state index in [1.807, 2.05) is 30.3 Å². The zero-order valence-electron chi connectivity index (χ0n) is 10.9. The molecule has 104 valence electrons. The van der Waals surface area contributed by atoms with E-state index in [4.69, 9.17) is 4.74 Å². The molecular formula is C16H15F2NO. The van der Waals surface area contributed by atoms with E-state index >= 15 is 0 Å². The maximum Gasteiger partial charge on any atom is 0.132 e. The fraction of sp³-hybridized carbons (Fsp3) is 0.250. The molecule has 3 rings (SSSR count). The van der Waals surface area contributed by atoms with Crippen LogP contribution in [0.25, 0.3) is 0 Å². The average Bonchev–Trinajstić information content (AvgIpc) is 2.48. The highest BCUT2D eigenvalue weighted by Crippen LogP contribution is 2.31. The lowest BCUT2D eigenvalue weighted by Gasteiger charge is -2.31. The van der Waals surface area contributed by atoms with Gasteiger partial charge in [0, 0.05) is 13.1 Å². The molecule has 1 N–H and O–H groups in total. The Morgan fingerprint density at radius 1 is 0.850 bits per heavy atom. The Morgan fingerprint density at radius 2 is 1.50 bits per heavy atom. The fourth-order valence-corrected chi connectivity index (χ4v) is 2.49. The fourth-order valence-electron chi connectivity index (χ4n) is 2.49. The molecule has 0 aromatic heterocycles. The SMILES string of the molecule is Fc1cccc(F)c1C1CNCC(c2ccccc2)O1. The first-order valence-electron chi connectivity index (χ1n) is 6.61. The molecule has 0 aliphatic carbocycles. The number of hydrogen-bond donors (Lipinski definition) is 1. The van der Waals surface area contributed by atoms with Crippen molar-refractivity contribution < 1.29 is 13.5 Å². The van der Waals surface area contributed by atoms with E-state index in [0.717, 1.165) is 5.56 Å². The predicted molar refractivity (Wildman–Crippen MR) is 72.2 cm³/mol. The number of morpholine rings is 1. The van der Waals surface area contributed by atoms with E-state index in [1.165, 1.54) is 18.2 Å². The normalized spacial score (nSPS) is 22.7.